The molecule has 4 rings (SSSR count). The summed E-state index contributed by atoms with van der Waals surface area (Å²) in [6.45, 7) is 2.27. The smallest absolute Gasteiger partial charge is 0.279 e. The fraction of sp³-hybridized carbons (Fsp3) is 0.235. The maximum absolute atomic E-state index is 12.6. The Morgan fingerprint density at radius 1 is 1.28 bits per heavy atom. The molecule has 0 N–H and O–H groups in total. The first-order chi connectivity index (χ1) is 12.0. The van der Waals surface area contributed by atoms with Gasteiger partial charge in [-0.2, -0.15) is 4.68 Å². The van der Waals surface area contributed by atoms with Gasteiger partial charge in [0.1, 0.15) is 12.2 Å². The summed E-state index contributed by atoms with van der Waals surface area (Å²) in [4.78, 5) is 25.2. The second-order valence-corrected chi connectivity index (χ2v) is 6.15. The highest BCUT2D eigenvalue weighted by Gasteiger charge is 2.28. The standard InChI is InChI=1S/C17H15N5O3/c1-11-8-12-9-13(22(24)25)6-7-16(12)20(11)10-21-17(23)14-4-2-3-5-15(14)18-19-21/h2-7,9,11H,8,10H2,1H3/t11-/m0/s1. The van der Waals surface area contributed by atoms with E-state index in [4.69, 9.17) is 0 Å². The molecule has 0 spiro atoms. The van der Waals surface area contributed by atoms with Crippen LogP contribution in [-0.2, 0) is 13.1 Å². The first-order valence-electron chi connectivity index (χ1n) is 7.91. The van der Waals surface area contributed by atoms with Gasteiger partial charge in [-0.25, -0.2) is 0 Å². The summed E-state index contributed by atoms with van der Waals surface area (Å²) < 4.78 is 1.33. The minimum absolute atomic E-state index is 0.0791. The van der Waals surface area contributed by atoms with Crippen LogP contribution in [0.2, 0.25) is 0 Å². The zero-order chi connectivity index (χ0) is 17.6. The molecular formula is C17H15N5O3. The summed E-state index contributed by atoms with van der Waals surface area (Å²) in [5.74, 6) is 0. The minimum atomic E-state index is -0.396. The van der Waals surface area contributed by atoms with Gasteiger partial charge in [0.05, 0.1) is 10.3 Å². The second-order valence-electron chi connectivity index (χ2n) is 6.15. The molecule has 8 heteroatoms. The van der Waals surface area contributed by atoms with Crippen molar-refractivity contribution in [2.75, 3.05) is 4.90 Å². The van der Waals surface area contributed by atoms with Gasteiger partial charge < -0.3 is 4.90 Å². The normalized spacial score (nSPS) is 16.2. The van der Waals surface area contributed by atoms with Crippen LogP contribution in [-0.4, -0.2) is 26.0 Å². The second kappa shape index (κ2) is 5.66. The average molecular weight is 337 g/mol. The maximum atomic E-state index is 12.6. The van der Waals surface area contributed by atoms with E-state index in [0.29, 0.717) is 17.3 Å². The van der Waals surface area contributed by atoms with Gasteiger partial charge in [-0.1, -0.05) is 17.3 Å². The number of nitro benzene ring substituents is 1. The summed E-state index contributed by atoms with van der Waals surface area (Å²) in [5, 5.41) is 19.6. The number of nitro groups is 1. The van der Waals surface area contributed by atoms with Crippen LogP contribution < -0.4 is 10.5 Å². The maximum Gasteiger partial charge on any atom is 0.279 e. The van der Waals surface area contributed by atoms with Crippen LogP contribution in [0.15, 0.2) is 47.3 Å². The molecule has 2 heterocycles. The number of aromatic nitrogens is 3. The fourth-order valence-electron chi connectivity index (χ4n) is 3.27. The molecule has 126 valence electrons. The lowest BCUT2D eigenvalue weighted by Gasteiger charge is -2.24. The Balaban J connectivity index is 1.72. The van der Waals surface area contributed by atoms with Crippen molar-refractivity contribution >= 4 is 22.3 Å². The molecule has 2 aromatic carbocycles. The molecule has 0 unspecified atom stereocenters. The number of non-ortho nitro benzene ring substituents is 1. The monoisotopic (exact) mass is 337 g/mol. The van der Waals surface area contributed by atoms with E-state index in [1.165, 1.54) is 10.7 Å². The van der Waals surface area contributed by atoms with Crippen LogP contribution in [0.3, 0.4) is 0 Å². The number of anilines is 1. The van der Waals surface area contributed by atoms with Crippen LogP contribution in [0.4, 0.5) is 11.4 Å². The van der Waals surface area contributed by atoms with E-state index in [0.717, 1.165) is 11.3 Å². The minimum Gasteiger partial charge on any atom is -0.349 e. The number of hydrogen-bond donors (Lipinski definition) is 0. The van der Waals surface area contributed by atoms with Crippen LogP contribution in [0.25, 0.3) is 10.9 Å². The molecule has 1 atom stereocenters. The quantitative estimate of drug-likeness (QED) is 0.537. The average Bonchev–Trinajstić information content (AvgIpc) is 2.92. The topological polar surface area (TPSA) is 94.2 Å². The molecule has 1 aromatic heterocycles. The van der Waals surface area contributed by atoms with Crippen molar-refractivity contribution in [3.05, 3.63) is 68.5 Å². The molecule has 0 saturated carbocycles. The molecule has 0 fully saturated rings. The Bertz CT molecular complexity index is 1050. The highest BCUT2D eigenvalue weighted by atomic mass is 16.6. The third kappa shape index (κ3) is 2.51. The van der Waals surface area contributed by atoms with Crippen molar-refractivity contribution in [3.63, 3.8) is 0 Å². The molecule has 0 saturated heterocycles. The molecule has 0 bridgehead atoms. The van der Waals surface area contributed by atoms with E-state index >= 15 is 0 Å². The SMILES string of the molecule is C[C@H]1Cc2cc([N+](=O)[O-])ccc2N1Cn1nnc2ccccc2c1=O. The molecule has 1 aliphatic rings. The van der Waals surface area contributed by atoms with Crippen molar-refractivity contribution in [2.45, 2.75) is 26.1 Å². The van der Waals surface area contributed by atoms with Crippen molar-refractivity contribution in [1.82, 2.24) is 15.0 Å². The lowest BCUT2D eigenvalue weighted by atomic mass is 10.1. The first-order valence-corrected chi connectivity index (χ1v) is 7.91. The Hall–Kier alpha value is -3.29. The van der Waals surface area contributed by atoms with Crippen molar-refractivity contribution in [2.24, 2.45) is 0 Å². The molecular weight excluding hydrogens is 322 g/mol. The summed E-state index contributed by atoms with van der Waals surface area (Å²) in [5.41, 5.74) is 2.24. The third-order valence-electron chi connectivity index (χ3n) is 4.55. The van der Waals surface area contributed by atoms with Crippen molar-refractivity contribution in [3.8, 4) is 0 Å². The van der Waals surface area contributed by atoms with Gasteiger partial charge >= 0.3 is 0 Å². The van der Waals surface area contributed by atoms with Gasteiger partial charge in [-0.15, -0.1) is 5.10 Å². The molecule has 1 aliphatic heterocycles. The van der Waals surface area contributed by atoms with Gasteiger partial charge in [-0.3, -0.25) is 14.9 Å². The summed E-state index contributed by atoms with van der Waals surface area (Å²) in [6.07, 6.45) is 0.687. The lowest BCUT2D eigenvalue weighted by Crippen LogP contribution is -2.37. The van der Waals surface area contributed by atoms with E-state index in [-0.39, 0.29) is 24.0 Å². The Kier molecular flexibility index (Phi) is 3.45. The zero-order valence-electron chi connectivity index (χ0n) is 13.5. The Morgan fingerprint density at radius 2 is 2.08 bits per heavy atom. The molecule has 0 radical (unpaired) electrons. The van der Waals surface area contributed by atoms with Gasteiger partial charge in [-0.05, 0) is 37.1 Å². The highest BCUT2D eigenvalue weighted by molar-refractivity contribution is 5.76. The highest BCUT2D eigenvalue weighted by Crippen LogP contribution is 2.34. The van der Waals surface area contributed by atoms with Gasteiger partial charge in [0.25, 0.3) is 11.2 Å². The van der Waals surface area contributed by atoms with Gasteiger partial charge in [0, 0.05) is 23.9 Å². The van der Waals surface area contributed by atoms with Crippen LogP contribution in [0.5, 0.6) is 0 Å². The lowest BCUT2D eigenvalue weighted by molar-refractivity contribution is -0.384. The Morgan fingerprint density at radius 3 is 2.88 bits per heavy atom. The van der Waals surface area contributed by atoms with Crippen LogP contribution in [0, 0.1) is 10.1 Å². The molecule has 25 heavy (non-hydrogen) atoms. The zero-order valence-corrected chi connectivity index (χ0v) is 13.5. The van der Waals surface area contributed by atoms with E-state index in [1.54, 1.807) is 30.3 Å². The van der Waals surface area contributed by atoms with Crippen LogP contribution >= 0.6 is 0 Å². The number of benzene rings is 2. The number of nitrogens with zero attached hydrogens (tertiary/aromatic N) is 5. The summed E-state index contributed by atoms with van der Waals surface area (Å²) >= 11 is 0. The summed E-state index contributed by atoms with van der Waals surface area (Å²) in [7, 11) is 0. The third-order valence-corrected chi connectivity index (χ3v) is 4.55. The molecule has 0 amide bonds. The van der Waals surface area contributed by atoms with E-state index in [1.807, 2.05) is 17.9 Å². The van der Waals surface area contributed by atoms with Crippen LogP contribution in [0.1, 0.15) is 12.5 Å². The fourth-order valence-corrected chi connectivity index (χ4v) is 3.27. The predicted octanol–water partition coefficient (Wildman–Crippen LogP) is 2.11. The van der Waals surface area contributed by atoms with Gasteiger partial charge in [0.15, 0.2) is 0 Å². The number of hydrogen-bond acceptors (Lipinski definition) is 6. The summed E-state index contributed by atoms with van der Waals surface area (Å²) in [6, 6.07) is 12.0. The number of rotatable bonds is 3. The van der Waals surface area contributed by atoms with E-state index in [9.17, 15) is 14.9 Å². The Labute approximate surface area is 142 Å². The van der Waals surface area contributed by atoms with E-state index < -0.39 is 4.92 Å². The largest absolute Gasteiger partial charge is 0.349 e. The predicted molar refractivity (Wildman–Crippen MR) is 92.5 cm³/mol. The van der Waals surface area contributed by atoms with Crippen molar-refractivity contribution < 1.29 is 4.92 Å². The first kappa shape index (κ1) is 15.3. The molecule has 3 aromatic rings. The van der Waals surface area contributed by atoms with Crippen molar-refractivity contribution in [1.29, 1.82) is 0 Å². The molecule has 8 nitrogen and oxygen atoms in total. The van der Waals surface area contributed by atoms with Gasteiger partial charge in [0.2, 0.25) is 0 Å². The number of fused-ring (bicyclic) bond motifs is 2. The van der Waals surface area contributed by atoms with E-state index in [2.05, 4.69) is 10.3 Å². The molecule has 0 aliphatic carbocycles.